The molecule has 0 radical (unpaired) electrons. The molecule has 0 fully saturated rings. The van der Waals surface area contributed by atoms with E-state index in [9.17, 15) is 0 Å². The molecule has 0 aromatic carbocycles. The average molecular weight is 225 g/mol. The first-order chi connectivity index (χ1) is 7.36. The molecule has 1 aromatic heterocycles. The number of aryl methyl sites for hydroxylation is 1. The maximum Gasteiger partial charge on any atom is 0.00453 e. The molecule has 15 heavy (non-hydrogen) atoms. The van der Waals surface area contributed by atoms with Crippen LogP contribution in [0.4, 0.5) is 0 Å². The zero-order valence-electron chi connectivity index (χ0n) is 9.96. The van der Waals surface area contributed by atoms with Gasteiger partial charge in [0.05, 0.1) is 0 Å². The van der Waals surface area contributed by atoms with Crippen LogP contribution >= 0.6 is 11.3 Å². The van der Waals surface area contributed by atoms with Crippen molar-refractivity contribution in [2.75, 3.05) is 13.1 Å². The SMILES string of the molecule is CCCNCC(CC)CCc1cccs1. The van der Waals surface area contributed by atoms with Crippen LogP contribution in [-0.4, -0.2) is 13.1 Å². The van der Waals surface area contributed by atoms with Crippen molar-refractivity contribution < 1.29 is 0 Å². The number of nitrogens with one attached hydrogen (secondary N) is 1. The standard InChI is InChI=1S/C13H23NS/c1-3-9-14-11-12(4-2)7-8-13-6-5-10-15-13/h5-6,10,12,14H,3-4,7-9,11H2,1-2H3. The van der Waals surface area contributed by atoms with E-state index in [0.29, 0.717) is 0 Å². The van der Waals surface area contributed by atoms with Gasteiger partial charge in [-0.05, 0) is 49.7 Å². The predicted octanol–water partition coefficient (Wildman–Crippen LogP) is 3.71. The highest BCUT2D eigenvalue weighted by atomic mass is 32.1. The molecule has 0 saturated carbocycles. The van der Waals surface area contributed by atoms with Crippen LogP contribution in [0.5, 0.6) is 0 Å². The fourth-order valence-corrected chi connectivity index (χ4v) is 2.46. The Morgan fingerprint density at radius 1 is 1.40 bits per heavy atom. The van der Waals surface area contributed by atoms with Crippen molar-refractivity contribution in [3.05, 3.63) is 22.4 Å². The first-order valence-electron chi connectivity index (χ1n) is 6.09. The van der Waals surface area contributed by atoms with Crippen LogP contribution in [0.3, 0.4) is 0 Å². The lowest BCUT2D eigenvalue weighted by Crippen LogP contribution is -2.23. The Labute approximate surface area is 97.9 Å². The van der Waals surface area contributed by atoms with Gasteiger partial charge in [0.25, 0.3) is 0 Å². The summed E-state index contributed by atoms with van der Waals surface area (Å²) in [7, 11) is 0. The summed E-state index contributed by atoms with van der Waals surface area (Å²) < 4.78 is 0. The molecule has 0 aliphatic heterocycles. The third kappa shape index (κ3) is 5.33. The normalized spacial score (nSPS) is 12.9. The number of hydrogen-bond donors (Lipinski definition) is 1. The molecule has 0 saturated heterocycles. The molecule has 0 bridgehead atoms. The Bertz CT molecular complexity index is 231. The average Bonchev–Trinajstić information content (AvgIpc) is 2.76. The molecule has 1 nitrogen and oxygen atoms in total. The summed E-state index contributed by atoms with van der Waals surface area (Å²) in [5, 5.41) is 5.69. The molecule has 0 amide bonds. The second kappa shape index (κ2) is 7.89. The monoisotopic (exact) mass is 225 g/mol. The third-order valence-corrected chi connectivity index (χ3v) is 3.75. The molecular weight excluding hydrogens is 202 g/mol. The molecule has 1 N–H and O–H groups in total. The van der Waals surface area contributed by atoms with Crippen LogP contribution in [0.1, 0.15) is 38.0 Å². The van der Waals surface area contributed by atoms with Gasteiger partial charge in [-0.25, -0.2) is 0 Å². The molecule has 0 aliphatic carbocycles. The van der Waals surface area contributed by atoms with Crippen molar-refractivity contribution in [2.24, 2.45) is 5.92 Å². The van der Waals surface area contributed by atoms with Gasteiger partial charge in [-0.1, -0.05) is 26.3 Å². The van der Waals surface area contributed by atoms with Gasteiger partial charge < -0.3 is 5.32 Å². The Morgan fingerprint density at radius 2 is 2.27 bits per heavy atom. The van der Waals surface area contributed by atoms with Crippen LogP contribution < -0.4 is 5.32 Å². The van der Waals surface area contributed by atoms with Gasteiger partial charge in [-0.2, -0.15) is 0 Å². The summed E-state index contributed by atoms with van der Waals surface area (Å²) in [5.41, 5.74) is 0. The highest BCUT2D eigenvalue weighted by Crippen LogP contribution is 2.16. The van der Waals surface area contributed by atoms with Gasteiger partial charge in [0.15, 0.2) is 0 Å². The Morgan fingerprint density at radius 3 is 2.87 bits per heavy atom. The number of hydrogen-bond acceptors (Lipinski definition) is 2. The first-order valence-corrected chi connectivity index (χ1v) is 6.97. The number of thiophene rings is 1. The van der Waals surface area contributed by atoms with E-state index in [2.05, 4.69) is 36.7 Å². The summed E-state index contributed by atoms with van der Waals surface area (Å²) >= 11 is 1.88. The van der Waals surface area contributed by atoms with E-state index in [0.717, 1.165) is 12.5 Å². The van der Waals surface area contributed by atoms with E-state index in [1.807, 2.05) is 11.3 Å². The van der Waals surface area contributed by atoms with E-state index in [-0.39, 0.29) is 0 Å². The Hall–Kier alpha value is -0.340. The van der Waals surface area contributed by atoms with Crippen molar-refractivity contribution in [2.45, 2.75) is 39.5 Å². The molecule has 0 aliphatic rings. The highest BCUT2D eigenvalue weighted by molar-refractivity contribution is 7.09. The lowest BCUT2D eigenvalue weighted by atomic mass is 10.00. The smallest absolute Gasteiger partial charge is 0.00453 e. The zero-order valence-corrected chi connectivity index (χ0v) is 10.8. The molecule has 1 heterocycles. The molecule has 2 heteroatoms. The first kappa shape index (κ1) is 12.7. The summed E-state index contributed by atoms with van der Waals surface area (Å²) in [6.07, 6.45) is 5.11. The summed E-state index contributed by atoms with van der Waals surface area (Å²) in [4.78, 5) is 1.53. The molecule has 1 atom stereocenters. The van der Waals surface area contributed by atoms with Gasteiger partial charge in [-0.3, -0.25) is 0 Å². The van der Waals surface area contributed by atoms with E-state index < -0.39 is 0 Å². The lowest BCUT2D eigenvalue weighted by molar-refractivity contribution is 0.435. The minimum Gasteiger partial charge on any atom is -0.316 e. The van der Waals surface area contributed by atoms with Crippen molar-refractivity contribution in [3.8, 4) is 0 Å². The fraction of sp³-hybridized carbons (Fsp3) is 0.692. The summed E-state index contributed by atoms with van der Waals surface area (Å²) in [5.74, 6) is 0.846. The molecule has 1 unspecified atom stereocenters. The van der Waals surface area contributed by atoms with Crippen LogP contribution in [0, 0.1) is 5.92 Å². The summed E-state index contributed by atoms with van der Waals surface area (Å²) in [6.45, 7) is 6.87. The van der Waals surface area contributed by atoms with E-state index in [1.165, 1.54) is 37.1 Å². The van der Waals surface area contributed by atoms with E-state index in [1.54, 1.807) is 0 Å². The lowest BCUT2D eigenvalue weighted by Gasteiger charge is -2.14. The molecule has 1 aromatic rings. The van der Waals surface area contributed by atoms with E-state index in [4.69, 9.17) is 0 Å². The topological polar surface area (TPSA) is 12.0 Å². The minimum absolute atomic E-state index is 0.846. The van der Waals surface area contributed by atoms with E-state index >= 15 is 0 Å². The quantitative estimate of drug-likeness (QED) is 0.665. The van der Waals surface area contributed by atoms with Crippen LogP contribution in [0.15, 0.2) is 17.5 Å². The Kier molecular flexibility index (Phi) is 6.69. The maximum atomic E-state index is 3.52. The second-order valence-electron chi connectivity index (χ2n) is 4.10. The fourth-order valence-electron chi connectivity index (χ4n) is 1.73. The predicted molar refractivity (Wildman–Crippen MR) is 69.6 cm³/mol. The van der Waals surface area contributed by atoms with Gasteiger partial charge in [0, 0.05) is 4.88 Å². The van der Waals surface area contributed by atoms with Gasteiger partial charge in [-0.15, -0.1) is 11.3 Å². The third-order valence-electron chi connectivity index (χ3n) is 2.82. The van der Waals surface area contributed by atoms with Crippen LogP contribution in [0.2, 0.25) is 0 Å². The van der Waals surface area contributed by atoms with Crippen molar-refractivity contribution in [3.63, 3.8) is 0 Å². The summed E-state index contributed by atoms with van der Waals surface area (Å²) in [6, 6.07) is 4.40. The van der Waals surface area contributed by atoms with Gasteiger partial charge >= 0.3 is 0 Å². The molecule has 0 spiro atoms. The zero-order chi connectivity index (χ0) is 10.9. The van der Waals surface area contributed by atoms with Crippen LogP contribution in [-0.2, 0) is 6.42 Å². The van der Waals surface area contributed by atoms with Gasteiger partial charge in [0.2, 0.25) is 0 Å². The van der Waals surface area contributed by atoms with Crippen molar-refractivity contribution in [1.82, 2.24) is 5.32 Å². The number of rotatable bonds is 8. The maximum absolute atomic E-state index is 3.52. The minimum atomic E-state index is 0.846. The Balaban J connectivity index is 2.16. The molecule has 86 valence electrons. The second-order valence-corrected chi connectivity index (χ2v) is 5.13. The van der Waals surface area contributed by atoms with Crippen LogP contribution in [0.25, 0.3) is 0 Å². The van der Waals surface area contributed by atoms with Crippen molar-refractivity contribution in [1.29, 1.82) is 0 Å². The highest BCUT2D eigenvalue weighted by Gasteiger charge is 2.06. The largest absolute Gasteiger partial charge is 0.316 e. The van der Waals surface area contributed by atoms with Crippen molar-refractivity contribution >= 4 is 11.3 Å². The van der Waals surface area contributed by atoms with Gasteiger partial charge in [0.1, 0.15) is 0 Å². The molecular formula is C13H23NS. The molecule has 1 rings (SSSR count).